The van der Waals surface area contributed by atoms with Crippen LogP contribution in [-0.4, -0.2) is 12.9 Å². The topological polar surface area (TPSA) is 34.4 Å². The monoisotopic (exact) mass is 377 g/mol. The lowest BCUT2D eigenvalue weighted by molar-refractivity contribution is 0.251. The van der Waals surface area contributed by atoms with E-state index in [9.17, 15) is 8.78 Å². The first-order chi connectivity index (χ1) is 10.1. The van der Waals surface area contributed by atoms with E-state index in [1.165, 1.54) is 0 Å². The maximum atomic E-state index is 12.1. The highest BCUT2D eigenvalue weighted by molar-refractivity contribution is 9.10. The molecule has 0 atom stereocenters. The largest absolute Gasteiger partial charge is 0.495 e. The van der Waals surface area contributed by atoms with E-state index in [-0.39, 0.29) is 5.75 Å². The molecule has 21 heavy (non-hydrogen) atoms. The number of nitrogens with one attached hydrogen (secondary N) is 1. The molecule has 0 saturated carbocycles. The molecule has 0 aliphatic carbocycles. The van der Waals surface area contributed by atoms with Gasteiger partial charge in [-0.05, 0) is 30.3 Å². The number of rotatable bonds is 7. The summed E-state index contributed by atoms with van der Waals surface area (Å²) in [6.45, 7) is 0.451. The van der Waals surface area contributed by atoms with Gasteiger partial charge in [0.15, 0.2) is 0 Å². The van der Waals surface area contributed by atoms with Gasteiger partial charge in [-0.3, -0.25) is 0 Å². The highest BCUT2D eigenvalue weighted by Gasteiger charge is 2.08. The summed E-state index contributed by atoms with van der Waals surface area (Å²) in [5, 5.41) is 3.20. The van der Waals surface area contributed by atoms with Crippen LogP contribution in [0.15, 0.2) is 39.2 Å². The normalized spacial score (nSPS) is 10.9. The molecule has 0 radical (unpaired) electrons. The molecule has 2 rings (SSSR count). The van der Waals surface area contributed by atoms with Gasteiger partial charge in [-0.15, -0.1) is 0 Å². The number of benzene rings is 1. The summed E-state index contributed by atoms with van der Waals surface area (Å²) in [7, 11) is 1.60. The molecule has 0 aliphatic heterocycles. The van der Waals surface area contributed by atoms with E-state index in [1.807, 2.05) is 18.2 Å². The zero-order chi connectivity index (χ0) is 15.2. The van der Waals surface area contributed by atoms with Gasteiger partial charge in [0.25, 0.3) is 5.76 Å². The molecule has 0 spiro atoms. The molecular formula is C14H14BrF2NO2S. The van der Waals surface area contributed by atoms with E-state index in [1.54, 1.807) is 19.2 Å². The first-order valence-corrected chi connectivity index (χ1v) is 7.97. The summed E-state index contributed by atoms with van der Waals surface area (Å²) >= 11 is 3.94. The van der Waals surface area contributed by atoms with Crippen LogP contribution >= 0.6 is 27.7 Å². The number of alkyl halides is 2. The van der Waals surface area contributed by atoms with Crippen molar-refractivity contribution in [2.24, 2.45) is 0 Å². The van der Waals surface area contributed by atoms with Crippen molar-refractivity contribution in [2.75, 3.05) is 12.4 Å². The molecule has 3 nitrogen and oxygen atoms in total. The predicted molar refractivity (Wildman–Crippen MR) is 84.0 cm³/mol. The standard InChI is InChI=1S/C14H14BrF2NO2S/c1-19-13-5-2-9(15)6-12(13)18-7-10-3-4-11(20-10)8-21-14(16)17/h2-6,14,18H,7-8H2,1H3. The number of methoxy groups -OCH3 is 1. The van der Waals surface area contributed by atoms with Crippen molar-refractivity contribution < 1.29 is 17.9 Å². The zero-order valence-electron chi connectivity index (χ0n) is 11.2. The molecule has 2 aromatic rings. The fourth-order valence-electron chi connectivity index (χ4n) is 1.74. The quantitative estimate of drug-likeness (QED) is 0.726. The highest BCUT2D eigenvalue weighted by atomic mass is 79.9. The Kier molecular flexibility index (Phi) is 5.93. The third-order valence-electron chi connectivity index (χ3n) is 2.68. The van der Waals surface area contributed by atoms with Gasteiger partial charge >= 0.3 is 0 Å². The Balaban J connectivity index is 1.95. The maximum absolute atomic E-state index is 12.1. The van der Waals surface area contributed by atoms with E-state index < -0.39 is 5.76 Å². The van der Waals surface area contributed by atoms with E-state index in [2.05, 4.69) is 21.2 Å². The van der Waals surface area contributed by atoms with Crippen molar-refractivity contribution in [3.63, 3.8) is 0 Å². The van der Waals surface area contributed by atoms with E-state index in [4.69, 9.17) is 9.15 Å². The number of hydrogen-bond donors (Lipinski definition) is 1. The molecule has 0 fully saturated rings. The van der Waals surface area contributed by atoms with Crippen LogP contribution in [0.4, 0.5) is 14.5 Å². The van der Waals surface area contributed by atoms with E-state index in [0.29, 0.717) is 29.8 Å². The molecule has 0 saturated heterocycles. The number of thioether (sulfide) groups is 1. The van der Waals surface area contributed by atoms with Crippen molar-refractivity contribution in [3.8, 4) is 5.75 Å². The molecule has 1 aromatic carbocycles. The van der Waals surface area contributed by atoms with Crippen LogP contribution < -0.4 is 10.1 Å². The Hall–Kier alpha value is -1.21. The lowest BCUT2D eigenvalue weighted by atomic mass is 10.3. The second-order valence-electron chi connectivity index (χ2n) is 4.14. The predicted octanol–water partition coefficient (Wildman–Crippen LogP) is 5.12. The van der Waals surface area contributed by atoms with Gasteiger partial charge in [-0.2, -0.15) is 8.78 Å². The van der Waals surface area contributed by atoms with Gasteiger partial charge in [-0.1, -0.05) is 27.7 Å². The van der Waals surface area contributed by atoms with Crippen molar-refractivity contribution in [2.45, 2.75) is 18.1 Å². The van der Waals surface area contributed by atoms with E-state index >= 15 is 0 Å². The Labute approximate surface area is 134 Å². The van der Waals surface area contributed by atoms with Gasteiger partial charge in [0.2, 0.25) is 0 Å². The second-order valence-corrected chi connectivity index (χ2v) is 6.03. The SMILES string of the molecule is COc1ccc(Br)cc1NCc1ccc(CSC(F)F)o1. The van der Waals surface area contributed by atoms with Gasteiger partial charge in [0.05, 0.1) is 25.1 Å². The minimum Gasteiger partial charge on any atom is -0.495 e. The molecule has 0 unspecified atom stereocenters. The minimum atomic E-state index is -2.39. The fourth-order valence-corrected chi connectivity index (χ4v) is 2.55. The van der Waals surface area contributed by atoms with Gasteiger partial charge < -0.3 is 14.5 Å². The smallest absolute Gasteiger partial charge is 0.284 e. The summed E-state index contributed by atoms with van der Waals surface area (Å²) in [5.74, 6) is -0.279. The van der Waals surface area contributed by atoms with E-state index in [0.717, 1.165) is 15.9 Å². The number of halogens is 3. The van der Waals surface area contributed by atoms with Crippen LogP contribution in [-0.2, 0) is 12.3 Å². The lowest BCUT2D eigenvalue weighted by Gasteiger charge is -2.10. The van der Waals surface area contributed by atoms with Crippen LogP contribution in [0.5, 0.6) is 5.75 Å². The van der Waals surface area contributed by atoms with Crippen molar-refractivity contribution in [1.82, 2.24) is 0 Å². The van der Waals surface area contributed by atoms with Crippen molar-refractivity contribution in [3.05, 3.63) is 46.3 Å². The molecule has 1 aromatic heterocycles. The first-order valence-electron chi connectivity index (χ1n) is 6.13. The fraction of sp³-hybridized carbons (Fsp3) is 0.286. The number of anilines is 1. The Morgan fingerprint density at radius 3 is 2.76 bits per heavy atom. The minimum absolute atomic E-state index is 0.165. The van der Waals surface area contributed by atoms with Crippen molar-refractivity contribution >= 4 is 33.4 Å². The average Bonchev–Trinajstić information content (AvgIpc) is 2.91. The summed E-state index contributed by atoms with van der Waals surface area (Å²) < 4.78 is 35.9. The number of furan rings is 1. The van der Waals surface area contributed by atoms with Crippen LogP contribution in [0.25, 0.3) is 0 Å². The number of ether oxygens (including phenoxy) is 1. The molecule has 1 heterocycles. The Bertz CT molecular complexity index is 592. The zero-order valence-corrected chi connectivity index (χ0v) is 13.6. The summed E-state index contributed by atoms with van der Waals surface area (Å²) in [5.41, 5.74) is 0.826. The van der Waals surface area contributed by atoms with Gasteiger partial charge in [-0.25, -0.2) is 0 Å². The molecular weight excluding hydrogens is 364 g/mol. The summed E-state index contributed by atoms with van der Waals surface area (Å²) in [4.78, 5) is 0. The van der Waals surface area contributed by atoms with Crippen LogP contribution in [0, 0.1) is 0 Å². The molecule has 0 amide bonds. The molecule has 7 heteroatoms. The molecule has 114 valence electrons. The first kappa shape index (κ1) is 16.2. The highest BCUT2D eigenvalue weighted by Crippen LogP contribution is 2.28. The van der Waals surface area contributed by atoms with Crippen LogP contribution in [0.3, 0.4) is 0 Å². The molecule has 1 N–H and O–H groups in total. The maximum Gasteiger partial charge on any atom is 0.284 e. The average molecular weight is 378 g/mol. The van der Waals surface area contributed by atoms with Crippen LogP contribution in [0.2, 0.25) is 0 Å². The lowest BCUT2D eigenvalue weighted by Crippen LogP contribution is -2.00. The summed E-state index contributed by atoms with van der Waals surface area (Å²) in [6, 6.07) is 9.12. The third kappa shape index (κ3) is 4.93. The molecule has 0 bridgehead atoms. The Morgan fingerprint density at radius 2 is 2.05 bits per heavy atom. The van der Waals surface area contributed by atoms with Crippen LogP contribution in [0.1, 0.15) is 11.5 Å². The molecule has 0 aliphatic rings. The number of hydrogen-bond acceptors (Lipinski definition) is 4. The Morgan fingerprint density at radius 1 is 1.29 bits per heavy atom. The third-order valence-corrected chi connectivity index (χ3v) is 3.88. The van der Waals surface area contributed by atoms with Gasteiger partial charge in [0.1, 0.15) is 17.3 Å². The van der Waals surface area contributed by atoms with Gasteiger partial charge in [0, 0.05) is 4.47 Å². The second kappa shape index (κ2) is 7.70. The van der Waals surface area contributed by atoms with Crippen molar-refractivity contribution in [1.29, 1.82) is 0 Å². The summed E-state index contributed by atoms with van der Waals surface area (Å²) in [6.07, 6.45) is 0.